The third-order valence-corrected chi connectivity index (χ3v) is 2.50. The smallest absolute Gasteiger partial charge is 0.218 e. The van der Waals surface area contributed by atoms with Gasteiger partial charge in [0.1, 0.15) is 5.54 Å². The molecule has 0 spiro atoms. The van der Waals surface area contributed by atoms with Crippen molar-refractivity contribution in [3.05, 3.63) is 23.8 Å². The molecule has 0 aliphatic carbocycles. The highest BCUT2D eigenvalue weighted by molar-refractivity contribution is 5.74. The molecular formula is C13H16N2O3. The van der Waals surface area contributed by atoms with E-state index >= 15 is 0 Å². The zero-order chi connectivity index (χ0) is 13.8. The molecule has 0 saturated carbocycles. The van der Waals surface area contributed by atoms with Gasteiger partial charge in [0.05, 0.1) is 13.2 Å². The number of phenolic OH excluding ortho intramolecular Hbond substituents is 1. The number of nitriles is 1. The number of phenols is 1. The zero-order valence-electron chi connectivity index (χ0n) is 10.7. The van der Waals surface area contributed by atoms with Crippen LogP contribution in [-0.4, -0.2) is 23.7 Å². The molecule has 1 aromatic rings. The van der Waals surface area contributed by atoms with Crippen molar-refractivity contribution in [2.75, 3.05) is 7.11 Å². The van der Waals surface area contributed by atoms with Crippen molar-refractivity contribution >= 4 is 5.91 Å². The summed E-state index contributed by atoms with van der Waals surface area (Å²) in [7, 11) is 1.45. The maximum atomic E-state index is 11.1. The van der Waals surface area contributed by atoms with Crippen LogP contribution >= 0.6 is 0 Å². The molecule has 0 aliphatic heterocycles. The van der Waals surface area contributed by atoms with Crippen molar-refractivity contribution in [2.45, 2.75) is 25.8 Å². The van der Waals surface area contributed by atoms with E-state index < -0.39 is 5.54 Å². The van der Waals surface area contributed by atoms with Crippen molar-refractivity contribution in [3.8, 4) is 17.6 Å². The molecule has 0 radical (unpaired) electrons. The predicted octanol–water partition coefficient (Wildman–Crippen LogP) is 1.36. The van der Waals surface area contributed by atoms with E-state index in [9.17, 15) is 9.90 Å². The lowest BCUT2D eigenvalue weighted by Gasteiger charge is -2.22. The van der Waals surface area contributed by atoms with Crippen molar-refractivity contribution in [1.82, 2.24) is 5.32 Å². The maximum absolute atomic E-state index is 11.1. The first-order valence-corrected chi connectivity index (χ1v) is 5.46. The molecular weight excluding hydrogens is 232 g/mol. The molecule has 0 bridgehead atoms. The van der Waals surface area contributed by atoms with E-state index in [-0.39, 0.29) is 11.7 Å². The Labute approximate surface area is 106 Å². The number of hydrogen-bond acceptors (Lipinski definition) is 4. The average Bonchev–Trinajstić information content (AvgIpc) is 2.30. The van der Waals surface area contributed by atoms with Crippen LogP contribution in [0.3, 0.4) is 0 Å². The summed E-state index contributed by atoms with van der Waals surface area (Å²) in [4.78, 5) is 11.1. The molecule has 5 heteroatoms. The quantitative estimate of drug-likeness (QED) is 0.842. The first kappa shape index (κ1) is 13.8. The number of amides is 1. The average molecular weight is 248 g/mol. The molecule has 5 nitrogen and oxygen atoms in total. The third-order valence-electron chi connectivity index (χ3n) is 2.50. The van der Waals surface area contributed by atoms with Crippen molar-refractivity contribution in [2.24, 2.45) is 0 Å². The normalized spacial score (nSPS) is 13.2. The Bertz CT molecular complexity index is 493. The maximum Gasteiger partial charge on any atom is 0.218 e. The minimum Gasteiger partial charge on any atom is -0.504 e. The monoisotopic (exact) mass is 248 g/mol. The van der Waals surface area contributed by atoms with Crippen molar-refractivity contribution < 1.29 is 14.6 Å². The van der Waals surface area contributed by atoms with E-state index in [1.165, 1.54) is 20.1 Å². The lowest BCUT2D eigenvalue weighted by Crippen LogP contribution is -2.45. The zero-order valence-corrected chi connectivity index (χ0v) is 10.7. The summed E-state index contributed by atoms with van der Waals surface area (Å²) >= 11 is 0. The Kier molecular flexibility index (Phi) is 4.16. The summed E-state index contributed by atoms with van der Waals surface area (Å²) in [5.41, 5.74) is -0.184. The van der Waals surface area contributed by atoms with Gasteiger partial charge in [0.2, 0.25) is 5.91 Å². The lowest BCUT2D eigenvalue weighted by atomic mass is 9.94. The molecule has 2 N–H and O–H groups in total. The van der Waals surface area contributed by atoms with Gasteiger partial charge in [-0.15, -0.1) is 0 Å². The standard InChI is InChI=1S/C13H16N2O3/c1-9(16)15-13(2,8-14)7-10-4-5-11(17)12(6-10)18-3/h4-6,17H,7H2,1-3H3,(H,15,16)/t13-/m0/s1. The molecule has 1 aromatic carbocycles. The fourth-order valence-corrected chi connectivity index (χ4v) is 1.74. The summed E-state index contributed by atoms with van der Waals surface area (Å²) in [6.07, 6.45) is 0.333. The van der Waals surface area contributed by atoms with Crippen molar-refractivity contribution in [1.29, 1.82) is 5.26 Å². The summed E-state index contributed by atoms with van der Waals surface area (Å²) in [5.74, 6) is 0.125. The second-order valence-corrected chi connectivity index (χ2v) is 4.31. The van der Waals surface area contributed by atoms with Crippen LogP contribution in [0.4, 0.5) is 0 Å². The van der Waals surface area contributed by atoms with Gasteiger partial charge in [-0.3, -0.25) is 4.79 Å². The second kappa shape index (κ2) is 5.41. The van der Waals surface area contributed by atoms with Crippen LogP contribution in [0, 0.1) is 11.3 Å². The van der Waals surface area contributed by atoms with Crippen LogP contribution in [0.25, 0.3) is 0 Å². The fraction of sp³-hybridized carbons (Fsp3) is 0.385. The number of carbonyl (C=O) groups is 1. The number of ether oxygens (including phenoxy) is 1. The van der Waals surface area contributed by atoms with Crippen LogP contribution in [-0.2, 0) is 11.2 Å². The van der Waals surface area contributed by atoms with Gasteiger partial charge < -0.3 is 15.2 Å². The molecule has 1 rings (SSSR count). The molecule has 1 amide bonds. The Balaban J connectivity index is 2.95. The highest BCUT2D eigenvalue weighted by atomic mass is 16.5. The molecule has 18 heavy (non-hydrogen) atoms. The van der Waals surface area contributed by atoms with Gasteiger partial charge in [0, 0.05) is 13.3 Å². The number of nitrogens with one attached hydrogen (secondary N) is 1. The molecule has 0 aliphatic rings. The number of aromatic hydroxyl groups is 1. The third kappa shape index (κ3) is 3.39. The van der Waals surface area contributed by atoms with Crippen LogP contribution in [0.5, 0.6) is 11.5 Å². The highest BCUT2D eigenvalue weighted by Crippen LogP contribution is 2.27. The molecule has 1 atom stereocenters. The largest absolute Gasteiger partial charge is 0.504 e. The SMILES string of the molecule is COc1cc(C[C@@](C)(C#N)NC(C)=O)ccc1O. The molecule has 0 fully saturated rings. The lowest BCUT2D eigenvalue weighted by molar-refractivity contribution is -0.120. The van der Waals surface area contributed by atoms with Gasteiger partial charge in [0.15, 0.2) is 11.5 Å². The molecule has 0 unspecified atom stereocenters. The van der Waals surface area contributed by atoms with E-state index in [4.69, 9.17) is 10.00 Å². The predicted molar refractivity (Wildman–Crippen MR) is 66.2 cm³/mol. The topological polar surface area (TPSA) is 82.3 Å². The van der Waals surface area contributed by atoms with Gasteiger partial charge >= 0.3 is 0 Å². The fourth-order valence-electron chi connectivity index (χ4n) is 1.74. The number of carbonyl (C=O) groups excluding carboxylic acids is 1. The highest BCUT2D eigenvalue weighted by Gasteiger charge is 2.25. The summed E-state index contributed by atoms with van der Waals surface area (Å²) in [6, 6.07) is 6.91. The number of hydrogen-bond donors (Lipinski definition) is 2. The first-order chi connectivity index (χ1) is 8.40. The first-order valence-electron chi connectivity index (χ1n) is 5.46. The van der Waals surface area contributed by atoms with Crippen LogP contribution in [0.1, 0.15) is 19.4 Å². The van der Waals surface area contributed by atoms with Crippen LogP contribution in [0.15, 0.2) is 18.2 Å². The van der Waals surface area contributed by atoms with E-state index in [1.807, 2.05) is 0 Å². The molecule has 0 saturated heterocycles. The van der Waals surface area contributed by atoms with Gasteiger partial charge in [-0.25, -0.2) is 0 Å². The molecule has 0 heterocycles. The van der Waals surface area contributed by atoms with E-state index in [0.717, 1.165) is 5.56 Å². The van der Waals surface area contributed by atoms with Gasteiger partial charge in [-0.05, 0) is 24.6 Å². The van der Waals surface area contributed by atoms with Crippen LogP contribution in [0.2, 0.25) is 0 Å². The van der Waals surface area contributed by atoms with Gasteiger partial charge in [0.25, 0.3) is 0 Å². The number of benzene rings is 1. The number of methoxy groups -OCH3 is 1. The summed E-state index contributed by atoms with van der Waals surface area (Å²) < 4.78 is 4.99. The minimum atomic E-state index is -0.978. The van der Waals surface area contributed by atoms with Crippen molar-refractivity contribution in [3.63, 3.8) is 0 Å². The number of rotatable bonds is 4. The Morgan fingerprint density at radius 2 is 2.28 bits per heavy atom. The molecule has 0 aromatic heterocycles. The van der Waals surface area contributed by atoms with Gasteiger partial charge in [-0.1, -0.05) is 6.07 Å². The van der Waals surface area contributed by atoms with Crippen LogP contribution < -0.4 is 10.1 Å². The summed E-state index contributed by atoms with van der Waals surface area (Å²) in [6.45, 7) is 3.01. The molecule has 96 valence electrons. The Morgan fingerprint density at radius 1 is 1.61 bits per heavy atom. The minimum absolute atomic E-state index is 0.0411. The van der Waals surface area contributed by atoms with E-state index in [0.29, 0.717) is 12.2 Å². The Morgan fingerprint density at radius 3 is 2.78 bits per heavy atom. The second-order valence-electron chi connectivity index (χ2n) is 4.31. The van der Waals surface area contributed by atoms with E-state index in [2.05, 4.69) is 11.4 Å². The Hall–Kier alpha value is -2.22. The van der Waals surface area contributed by atoms with Gasteiger partial charge in [-0.2, -0.15) is 5.26 Å². The summed E-state index contributed by atoms with van der Waals surface area (Å²) in [5, 5.41) is 21.2. The number of nitrogens with zero attached hydrogens (tertiary/aromatic N) is 1. The van der Waals surface area contributed by atoms with E-state index in [1.54, 1.807) is 19.1 Å².